The molecule has 1 N–H and O–H groups in total. The normalized spacial score (nSPS) is 14.6. The highest BCUT2D eigenvalue weighted by atomic mass is 32.1. The van der Waals surface area contributed by atoms with Gasteiger partial charge in [0.25, 0.3) is 0 Å². The molecule has 0 saturated heterocycles. The fraction of sp³-hybridized carbons (Fsp3) is 0.467. The Morgan fingerprint density at radius 1 is 1.28 bits per heavy atom. The van der Waals surface area contributed by atoms with Crippen LogP contribution in [0.5, 0.6) is 0 Å². The second kappa shape index (κ2) is 6.76. The van der Waals surface area contributed by atoms with Gasteiger partial charge >= 0.3 is 0 Å². The highest BCUT2D eigenvalue weighted by Crippen LogP contribution is 2.10. The lowest BCUT2D eigenvalue weighted by molar-refractivity contribution is 0.423. The molecule has 0 spiro atoms. The van der Waals surface area contributed by atoms with Gasteiger partial charge in [0.2, 0.25) is 0 Å². The molecule has 2 unspecified atom stereocenters. The van der Waals surface area contributed by atoms with Crippen molar-refractivity contribution in [3.8, 4) is 0 Å². The van der Waals surface area contributed by atoms with Crippen LogP contribution in [0.25, 0.3) is 0 Å². The Morgan fingerprint density at radius 3 is 2.83 bits per heavy atom. The molecular formula is C15H21NOS. The largest absolute Gasteiger partial charge is 0.469 e. The first-order valence-electron chi connectivity index (χ1n) is 6.53. The molecule has 0 aliphatic carbocycles. The molecular weight excluding hydrogens is 242 g/mol. The summed E-state index contributed by atoms with van der Waals surface area (Å²) in [5.41, 5.74) is 1.43. The van der Waals surface area contributed by atoms with Gasteiger partial charge in [-0.15, -0.1) is 0 Å². The zero-order valence-corrected chi connectivity index (χ0v) is 11.9. The second-order valence-electron chi connectivity index (χ2n) is 4.92. The molecule has 0 saturated carbocycles. The van der Waals surface area contributed by atoms with Crippen LogP contribution < -0.4 is 5.32 Å². The molecule has 2 atom stereocenters. The maximum absolute atomic E-state index is 5.35. The van der Waals surface area contributed by atoms with Gasteiger partial charge in [-0.3, -0.25) is 0 Å². The predicted octanol–water partition coefficient (Wildman–Crippen LogP) is 3.88. The minimum atomic E-state index is 0.517. The summed E-state index contributed by atoms with van der Waals surface area (Å²) >= 11 is 1.77. The van der Waals surface area contributed by atoms with Gasteiger partial charge < -0.3 is 9.73 Å². The van der Waals surface area contributed by atoms with Crippen molar-refractivity contribution < 1.29 is 4.42 Å². The lowest BCUT2D eigenvalue weighted by Gasteiger charge is -2.19. The zero-order chi connectivity index (χ0) is 12.8. The van der Waals surface area contributed by atoms with E-state index in [4.69, 9.17) is 4.42 Å². The Kier molecular flexibility index (Phi) is 5.02. The van der Waals surface area contributed by atoms with Crippen LogP contribution in [0.4, 0.5) is 0 Å². The topological polar surface area (TPSA) is 25.2 Å². The Morgan fingerprint density at radius 2 is 2.17 bits per heavy atom. The molecule has 0 aliphatic rings. The summed E-state index contributed by atoms with van der Waals surface area (Å²) in [5.74, 6) is 1.08. The number of hydrogen-bond acceptors (Lipinski definition) is 3. The van der Waals surface area contributed by atoms with Gasteiger partial charge in [0.15, 0.2) is 0 Å². The molecule has 2 heterocycles. The van der Waals surface area contributed by atoms with E-state index in [1.54, 1.807) is 17.6 Å². The van der Waals surface area contributed by atoms with Crippen LogP contribution in [0.1, 0.15) is 31.6 Å². The van der Waals surface area contributed by atoms with Crippen molar-refractivity contribution in [1.29, 1.82) is 0 Å². The van der Waals surface area contributed by atoms with E-state index in [2.05, 4.69) is 36.0 Å². The van der Waals surface area contributed by atoms with E-state index in [0.29, 0.717) is 12.1 Å². The van der Waals surface area contributed by atoms with Crippen molar-refractivity contribution >= 4 is 11.3 Å². The van der Waals surface area contributed by atoms with Gasteiger partial charge in [0, 0.05) is 18.5 Å². The maximum atomic E-state index is 5.35. The maximum Gasteiger partial charge on any atom is 0.103 e. The molecule has 0 amide bonds. The van der Waals surface area contributed by atoms with E-state index < -0.39 is 0 Å². The van der Waals surface area contributed by atoms with Gasteiger partial charge in [0.1, 0.15) is 5.76 Å². The molecule has 0 aliphatic heterocycles. The third-order valence-electron chi connectivity index (χ3n) is 3.09. The minimum Gasteiger partial charge on any atom is -0.469 e. The van der Waals surface area contributed by atoms with Crippen molar-refractivity contribution in [1.82, 2.24) is 5.32 Å². The van der Waals surface area contributed by atoms with E-state index >= 15 is 0 Å². The first kappa shape index (κ1) is 13.4. The minimum absolute atomic E-state index is 0.517. The molecule has 0 bridgehead atoms. The Balaban J connectivity index is 1.68. The summed E-state index contributed by atoms with van der Waals surface area (Å²) in [6.07, 6.45) is 4.97. The number of hydrogen-bond donors (Lipinski definition) is 1. The third kappa shape index (κ3) is 4.31. The summed E-state index contributed by atoms with van der Waals surface area (Å²) in [7, 11) is 0. The molecule has 2 nitrogen and oxygen atoms in total. The quantitative estimate of drug-likeness (QED) is 0.820. The van der Waals surface area contributed by atoms with Gasteiger partial charge in [-0.25, -0.2) is 0 Å². The molecule has 98 valence electrons. The van der Waals surface area contributed by atoms with E-state index in [9.17, 15) is 0 Å². The Labute approximate surface area is 113 Å². The van der Waals surface area contributed by atoms with E-state index in [-0.39, 0.29) is 0 Å². The summed E-state index contributed by atoms with van der Waals surface area (Å²) in [5, 5.41) is 8.01. The molecule has 18 heavy (non-hydrogen) atoms. The zero-order valence-electron chi connectivity index (χ0n) is 11.1. The summed E-state index contributed by atoms with van der Waals surface area (Å²) in [4.78, 5) is 0. The number of nitrogens with one attached hydrogen (secondary N) is 1. The Bertz CT molecular complexity index is 421. The first-order valence-corrected chi connectivity index (χ1v) is 7.48. The average Bonchev–Trinajstić information content (AvgIpc) is 2.98. The summed E-state index contributed by atoms with van der Waals surface area (Å²) in [6, 6.07) is 7.24. The van der Waals surface area contributed by atoms with E-state index in [0.717, 1.165) is 25.0 Å². The number of thiophene rings is 1. The van der Waals surface area contributed by atoms with Crippen molar-refractivity contribution in [3.63, 3.8) is 0 Å². The molecule has 2 aromatic rings. The highest BCUT2D eigenvalue weighted by molar-refractivity contribution is 7.07. The fourth-order valence-corrected chi connectivity index (χ4v) is 2.89. The van der Waals surface area contributed by atoms with Crippen LogP contribution in [0, 0.1) is 0 Å². The van der Waals surface area contributed by atoms with Crippen LogP contribution in [-0.4, -0.2) is 12.1 Å². The monoisotopic (exact) mass is 263 g/mol. The molecule has 2 rings (SSSR count). The molecule has 0 aromatic carbocycles. The predicted molar refractivity (Wildman–Crippen MR) is 77.1 cm³/mol. The smallest absolute Gasteiger partial charge is 0.103 e. The number of furan rings is 1. The SMILES string of the molecule is CC(CCc1ccco1)NC(C)Cc1ccsc1. The first-order chi connectivity index (χ1) is 8.74. The Hall–Kier alpha value is -1.06. The summed E-state index contributed by atoms with van der Waals surface area (Å²) < 4.78 is 5.35. The molecule has 0 radical (unpaired) electrons. The van der Waals surface area contributed by atoms with Crippen molar-refractivity contribution in [2.45, 2.75) is 45.2 Å². The lowest BCUT2D eigenvalue weighted by Crippen LogP contribution is -2.36. The van der Waals surface area contributed by atoms with Gasteiger partial charge in [-0.2, -0.15) is 11.3 Å². The van der Waals surface area contributed by atoms with Crippen LogP contribution in [0.3, 0.4) is 0 Å². The van der Waals surface area contributed by atoms with Crippen LogP contribution in [-0.2, 0) is 12.8 Å². The van der Waals surface area contributed by atoms with Crippen molar-refractivity contribution in [2.75, 3.05) is 0 Å². The average molecular weight is 263 g/mol. The molecule has 2 aromatic heterocycles. The van der Waals surface area contributed by atoms with Gasteiger partial charge in [-0.1, -0.05) is 0 Å². The number of rotatable bonds is 7. The van der Waals surface area contributed by atoms with Crippen LogP contribution >= 0.6 is 11.3 Å². The third-order valence-corrected chi connectivity index (χ3v) is 3.83. The summed E-state index contributed by atoms with van der Waals surface area (Å²) in [6.45, 7) is 4.49. The lowest BCUT2D eigenvalue weighted by atomic mass is 10.1. The standard InChI is InChI=1S/C15H21NOS/c1-12(5-6-15-4-3-8-17-15)16-13(2)10-14-7-9-18-11-14/h3-4,7-9,11-13,16H,5-6,10H2,1-2H3. The van der Waals surface area contributed by atoms with E-state index in [1.165, 1.54) is 5.56 Å². The second-order valence-corrected chi connectivity index (χ2v) is 5.70. The van der Waals surface area contributed by atoms with Crippen LogP contribution in [0.15, 0.2) is 39.6 Å². The van der Waals surface area contributed by atoms with Gasteiger partial charge in [0.05, 0.1) is 6.26 Å². The van der Waals surface area contributed by atoms with Crippen molar-refractivity contribution in [3.05, 3.63) is 46.5 Å². The fourth-order valence-electron chi connectivity index (χ4n) is 2.20. The highest BCUT2D eigenvalue weighted by Gasteiger charge is 2.09. The van der Waals surface area contributed by atoms with Gasteiger partial charge in [-0.05, 0) is 61.2 Å². The van der Waals surface area contributed by atoms with E-state index in [1.807, 2.05) is 12.1 Å². The van der Waals surface area contributed by atoms with Crippen molar-refractivity contribution in [2.24, 2.45) is 0 Å². The molecule has 0 fully saturated rings. The van der Waals surface area contributed by atoms with Crippen LogP contribution in [0.2, 0.25) is 0 Å². The number of aryl methyl sites for hydroxylation is 1. The molecule has 3 heteroatoms.